The molecule has 0 spiro atoms. The summed E-state index contributed by atoms with van der Waals surface area (Å²) in [5, 5.41) is 22.0. The molecule has 0 aliphatic carbocycles. The maximum atomic E-state index is 13.8. The first-order valence-electron chi connectivity index (χ1n) is 29.5. The molecule has 0 saturated carbocycles. The van der Waals surface area contributed by atoms with Crippen LogP contribution in [-0.2, 0) is 0 Å². The molecule has 18 heteroatoms. The van der Waals surface area contributed by atoms with Gasteiger partial charge in [-0.05, 0) is 105 Å². The molecule has 87 heavy (non-hydrogen) atoms. The maximum Gasteiger partial charge on any atom is 0.336 e. The van der Waals surface area contributed by atoms with Crippen molar-refractivity contribution in [3.05, 3.63) is 206 Å². The van der Waals surface area contributed by atoms with Crippen LogP contribution >= 0.6 is 0 Å². The average Bonchev–Trinajstić information content (AvgIpc) is 4.35. The van der Waals surface area contributed by atoms with Crippen molar-refractivity contribution in [2.75, 3.05) is 26.2 Å². The summed E-state index contributed by atoms with van der Waals surface area (Å²) in [6.07, 6.45) is 27.7. The molecule has 0 unspecified atom stereocenters. The lowest BCUT2D eigenvalue weighted by Gasteiger charge is -2.22. The minimum absolute atomic E-state index is 0.0463. The van der Waals surface area contributed by atoms with Gasteiger partial charge in [0.15, 0.2) is 5.78 Å². The second-order valence-electron chi connectivity index (χ2n) is 20.9. The molecule has 18 nitrogen and oxygen atoms in total. The van der Waals surface area contributed by atoms with Crippen LogP contribution in [0.25, 0.3) is 77.0 Å². The molecular weight excluding hydrogens is 1090 g/mol. The van der Waals surface area contributed by atoms with Crippen LogP contribution < -0.4 is 0 Å². The zero-order chi connectivity index (χ0) is 61.2. The SMILES string of the molecule is CCCCCN(CCC)C(=O)n1ccc2c(C(=O)O)cccc21.CCCCCN(CCC)C(=O)n1ccc2c(C(=O)c3c[nH]c4ncc(-c5cccnc5)cc34)cccc21.O=C(O)c1cccc2[nH]ccc12.c1cncc(-c2cnc3[nH]ccc3c2)c1. The summed E-state index contributed by atoms with van der Waals surface area (Å²) in [7, 11) is 0. The second-order valence-corrected chi connectivity index (χ2v) is 20.9. The third-order valence-corrected chi connectivity index (χ3v) is 14.9. The molecule has 444 valence electrons. The van der Waals surface area contributed by atoms with Gasteiger partial charge >= 0.3 is 24.0 Å². The highest BCUT2D eigenvalue weighted by Gasteiger charge is 2.23. The second kappa shape index (κ2) is 29.4. The minimum atomic E-state index is -0.978. The van der Waals surface area contributed by atoms with Gasteiger partial charge in [-0.2, -0.15) is 0 Å². The van der Waals surface area contributed by atoms with Crippen molar-refractivity contribution >= 4 is 84.6 Å². The number of benzene rings is 3. The number of nitrogens with one attached hydrogen (secondary N) is 3. The Hall–Kier alpha value is -10.5. The predicted octanol–water partition coefficient (Wildman–Crippen LogP) is 15.4. The van der Waals surface area contributed by atoms with Gasteiger partial charge in [-0.25, -0.2) is 29.1 Å². The number of aromatic amines is 3. The fourth-order valence-corrected chi connectivity index (χ4v) is 10.5. The number of hydrogen-bond acceptors (Lipinski definition) is 9. The van der Waals surface area contributed by atoms with Crippen molar-refractivity contribution in [3.63, 3.8) is 0 Å². The quantitative estimate of drug-likeness (QED) is 0.0400. The number of rotatable bonds is 18. The van der Waals surface area contributed by atoms with Gasteiger partial charge < -0.3 is 35.0 Å². The van der Waals surface area contributed by atoms with E-state index in [1.807, 2.05) is 95.1 Å². The lowest BCUT2D eigenvalue weighted by molar-refractivity contribution is 0.0688. The Kier molecular flexibility index (Phi) is 20.6. The van der Waals surface area contributed by atoms with E-state index in [0.717, 1.165) is 125 Å². The number of aromatic carboxylic acids is 2. The van der Waals surface area contributed by atoms with Crippen LogP contribution in [0.5, 0.6) is 0 Å². The molecule has 0 atom stereocenters. The fourth-order valence-electron chi connectivity index (χ4n) is 10.5. The summed E-state index contributed by atoms with van der Waals surface area (Å²) in [5.41, 5.74) is 9.49. The Morgan fingerprint density at radius 3 is 1.54 bits per heavy atom. The smallest absolute Gasteiger partial charge is 0.336 e. The Bertz CT molecular complexity index is 4290. The number of amides is 2. The number of H-pyrrole nitrogens is 3. The minimum Gasteiger partial charge on any atom is -0.478 e. The molecule has 0 saturated heterocycles. The number of pyridine rings is 4. The Labute approximate surface area is 503 Å². The summed E-state index contributed by atoms with van der Waals surface area (Å²) in [6, 6.07) is 34.9. The Morgan fingerprint density at radius 1 is 0.460 bits per heavy atom. The van der Waals surface area contributed by atoms with E-state index in [4.69, 9.17) is 5.11 Å². The summed E-state index contributed by atoms with van der Waals surface area (Å²) in [4.78, 5) is 92.1. The third-order valence-electron chi connectivity index (χ3n) is 14.9. The normalized spacial score (nSPS) is 10.9. The monoisotopic (exact) mass is 1170 g/mol. The zero-order valence-electron chi connectivity index (χ0n) is 49.3. The van der Waals surface area contributed by atoms with Crippen molar-refractivity contribution < 1.29 is 34.2 Å². The summed E-state index contributed by atoms with van der Waals surface area (Å²) in [6.45, 7) is 11.3. The predicted molar refractivity (Wildman–Crippen MR) is 343 cm³/mol. The number of carboxylic acid groups (broad SMARTS) is 2. The number of ketones is 1. The van der Waals surface area contributed by atoms with Crippen LogP contribution in [0.1, 0.15) is 116 Å². The van der Waals surface area contributed by atoms with E-state index in [1.165, 1.54) is 0 Å². The Balaban J connectivity index is 0.000000152. The van der Waals surface area contributed by atoms with E-state index in [1.54, 1.807) is 101 Å². The molecule has 3 aromatic carbocycles. The van der Waals surface area contributed by atoms with E-state index < -0.39 is 11.9 Å². The van der Waals surface area contributed by atoms with Crippen molar-refractivity contribution in [2.24, 2.45) is 0 Å². The van der Waals surface area contributed by atoms with Crippen molar-refractivity contribution in [2.45, 2.75) is 79.1 Å². The van der Waals surface area contributed by atoms with E-state index >= 15 is 0 Å². The van der Waals surface area contributed by atoms with Crippen LogP contribution in [0, 0.1) is 0 Å². The summed E-state index contributed by atoms with van der Waals surface area (Å²) in [5.74, 6) is -1.98. The summed E-state index contributed by atoms with van der Waals surface area (Å²) >= 11 is 0. The van der Waals surface area contributed by atoms with Gasteiger partial charge in [-0.15, -0.1) is 0 Å². The number of nitrogens with zero attached hydrogens (tertiary/aromatic N) is 8. The first-order valence-corrected chi connectivity index (χ1v) is 29.5. The van der Waals surface area contributed by atoms with Crippen LogP contribution in [0.3, 0.4) is 0 Å². The largest absolute Gasteiger partial charge is 0.478 e. The van der Waals surface area contributed by atoms with Gasteiger partial charge in [0.1, 0.15) is 11.3 Å². The molecule has 12 aromatic rings. The Morgan fingerprint density at radius 2 is 0.989 bits per heavy atom. The molecular formula is C69H71N11O7. The van der Waals surface area contributed by atoms with Crippen molar-refractivity contribution in [1.82, 2.24) is 53.8 Å². The van der Waals surface area contributed by atoms with Gasteiger partial charge in [-0.3, -0.25) is 23.9 Å². The van der Waals surface area contributed by atoms with E-state index in [9.17, 15) is 29.1 Å². The lowest BCUT2D eigenvalue weighted by Crippen LogP contribution is -2.35. The van der Waals surface area contributed by atoms with Crippen LogP contribution in [0.4, 0.5) is 9.59 Å². The van der Waals surface area contributed by atoms with Crippen LogP contribution in [0.2, 0.25) is 0 Å². The number of unbranched alkanes of at least 4 members (excludes halogenated alkanes) is 4. The highest BCUT2D eigenvalue weighted by atomic mass is 16.4. The van der Waals surface area contributed by atoms with E-state index in [-0.39, 0.29) is 23.4 Å². The molecule has 0 aliphatic rings. The first kappa shape index (κ1) is 61.1. The topological polar surface area (TPSA) is 241 Å². The number of carbonyl (C=O) groups is 5. The van der Waals surface area contributed by atoms with Gasteiger partial charge in [-0.1, -0.05) is 89.8 Å². The third kappa shape index (κ3) is 14.4. The van der Waals surface area contributed by atoms with Crippen LogP contribution in [-0.4, -0.2) is 120 Å². The van der Waals surface area contributed by atoms with Gasteiger partial charge in [0.2, 0.25) is 0 Å². The molecule has 0 fully saturated rings. The zero-order valence-corrected chi connectivity index (χ0v) is 49.3. The standard InChI is InChI=1S/C30H31N5O2.C18H24N2O3.C12H9N3.C9H7NO2/c1-3-5-6-15-34(14-4-2)30(37)35-16-12-23-24(10-7-11-27(23)35)28(36)26-20-33-29-25(26)17-22(19-32-29)21-9-8-13-31-18-21;1-3-5-6-12-19(11-4-2)18(23)20-13-10-14-15(17(21)22)8-7-9-16(14)20;1-2-10(7-13-4-1)11-6-9-3-5-14-12(9)15-8-11;11-9(12)7-2-1-3-8-6(7)4-5-10-8/h7-13,16-20H,3-6,14-15H2,1-2H3,(H,32,33);7-10,13H,3-6,11-12H2,1-2H3,(H,21,22);1-8H,(H,14,15);1-5,10H,(H,11,12). The molecule has 12 rings (SSSR count). The number of aromatic nitrogens is 9. The fraction of sp³-hybridized carbons (Fsp3) is 0.232. The maximum absolute atomic E-state index is 13.8. The average molecular weight is 1170 g/mol. The number of hydrogen-bond donors (Lipinski definition) is 5. The van der Waals surface area contributed by atoms with E-state index in [2.05, 4.69) is 68.6 Å². The lowest BCUT2D eigenvalue weighted by atomic mass is 9.99. The number of fused-ring (bicyclic) bond motifs is 5. The van der Waals surface area contributed by atoms with E-state index in [0.29, 0.717) is 46.3 Å². The van der Waals surface area contributed by atoms with Crippen molar-refractivity contribution in [3.8, 4) is 22.3 Å². The molecule has 0 aliphatic heterocycles. The van der Waals surface area contributed by atoms with Gasteiger partial charge in [0, 0.05) is 160 Å². The molecule has 2 amide bonds. The molecule has 5 N–H and O–H groups in total. The number of carboxylic acids is 2. The number of carbonyl (C=O) groups excluding carboxylic acids is 3. The molecule has 0 bridgehead atoms. The molecule has 0 radical (unpaired) electrons. The van der Waals surface area contributed by atoms with Gasteiger partial charge in [0.05, 0.1) is 22.2 Å². The summed E-state index contributed by atoms with van der Waals surface area (Å²) < 4.78 is 3.23. The molecule has 9 aromatic heterocycles. The molecule has 9 heterocycles. The highest BCUT2D eigenvalue weighted by Crippen LogP contribution is 2.30. The van der Waals surface area contributed by atoms with Crippen molar-refractivity contribution in [1.29, 1.82) is 0 Å². The first-order chi connectivity index (χ1) is 42.4. The highest BCUT2D eigenvalue weighted by molar-refractivity contribution is 6.21. The van der Waals surface area contributed by atoms with Crippen LogP contribution in [0.15, 0.2) is 183 Å². The van der Waals surface area contributed by atoms with Gasteiger partial charge in [0.25, 0.3) is 0 Å².